The van der Waals surface area contributed by atoms with Gasteiger partial charge in [-0.1, -0.05) is 17.3 Å². The van der Waals surface area contributed by atoms with Gasteiger partial charge in [0, 0.05) is 17.7 Å². The average molecular weight is 447 g/mol. The zero-order valence-electron chi connectivity index (χ0n) is 16.4. The third-order valence-corrected chi connectivity index (χ3v) is 4.62. The van der Waals surface area contributed by atoms with Crippen LogP contribution in [0.2, 0.25) is 0 Å². The minimum absolute atomic E-state index is 0.0160. The van der Waals surface area contributed by atoms with E-state index >= 15 is 0 Å². The summed E-state index contributed by atoms with van der Waals surface area (Å²) in [5.74, 6) is -0.207. The molecule has 1 amide bonds. The van der Waals surface area contributed by atoms with Gasteiger partial charge in [-0.3, -0.25) is 4.79 Å². The summed E-state index contributed by atoms with van der Waals surface area (Å²) in [6, 6.07) is 9.36. The normalized spacial score (nSPS) is 13.3. The summed E-state index contributed by atoms with van der Waals surface area (Å²) < 4.78 is 53.3. The summed E-state index contributed by atoms with van der Waals surface area (Å²) in [7, 11) is 0. The fourth-order valence-corrected chi connectivity index (χ4v) is 3.01. The zero-order valence-corrected chi connectivity index (χ0v) is 16.4. The van der Waals surface area contributed by atoms with Crippen LogP contribution in [0.1, 0.15) is 23.4 Å². The van der Waals surface area contributed by atoms with Crippen LogP contribution in [0.4, 0.5) is 18.9 Å². The number of alkyl halides is 3. The highest BCUT2D eigenvalue weighted by atomic mass is 19.4. The van der Waals surface area contributed by atoms with Crippen LogP contribution in [0, 0.1) is 0 Å². The Kier molecular flexibility index (Phi) is 5.80. The summed E-state index contributed by atoms with van der Waals surface area (Å²) in [4.78, 5) is 27.3. The van der Waals surface area contributed by atoms with Gasteiger partial charge in [-0.05, 0) is 42.3 Å². The second-order valence-electron chi connectivity index (χ2n) is 6.90. The Morgan fingerprint density at radius 2 is 1.91 bits per heavy atom. The van der Waals surface area contributed by atoms with Gasteiger partial charge in [0.2, 0.25) is 11.7 Å². The summed E-state index contributed by atoms with van der Waals surface area (Å²) >= 11 is 0. The number of rotatable bonds is 6. The second-order valence-corrected chi connectivity index (χ2v) is 6.90. The van der Waals surface area contributed by atoms with Crippen LogP contribution in [0.5, 0.6) is 5.75 Å². The van der Waals surface area contributed by atoms with Crippen molar-refractivity contribution in [3.05, 3.63) is 59.5 Å². The van der Waals surface area contributed by atoms with E-state index < -0.39 is 17.7 Å². The van der Waals surface area contributed by atoms with Crippen molar-refractivity contribution in [2.75, 3.05) is 11.9 Å². The standard InChI is InChI=1S/C21H16F3N3O5/c22-21(23,24)14-4-1-12(2-5-14)20-26-18(32-27-20)10-31-19(29)11-30-15-6-7-16-13(9-15)3-8-17(28)25-16/h1-2,4-7,9H,3,8,10-11H2,(H,25,28). The maximum absolute atomic E-state index is 12.6. The molecule has 1 N–H and O–H groups in total. The first kappa shape index (κ1) is 21.3. The molecule has 1 aliphatic heterocycles. The fraction of sp³-hybridized carbons (Fsp3) is 0.238. The third kappa shape index (κ3) is 5.05. The molecule has 2 aromatic carbocycles. The average Bonchev–Trinajstić information content (AvgIpc) is 3.25. The van der Waals surface area contributed by atoms with E-state index in [0.717, 1.165) is 23.4 Å². The van der Waals surface area contributed by atoms with E-state index in [1.807, 2.05) is 0 Å². The summed E-state index contributed by atoms with van der Waals surface area (Å²) in [6.07, 6.45) is -3.47. The number of carbonyl (C=O) groups is 2. The Hall–Kier alpha value is -3.89. The second kappa shape index (κ2) is 8.69. The van der Waals surface area contributed by atoms with Crippen molar-refractivity contribution in [2.24, 2.45) is 0 Å². The van der Waals surface area contributed by atoms with E-state index in [4.69, 9.17) is 14.0 Å². The molecule has 1 aliphatic rings. The topological polar surface area (TPSA) is 104 Å². The lowest BCUT2D eigenvalue weighted by atomic mass is 10.0. The minimum Gasteiger partial charge on any atom is -0.482 e. The highest BCUT2D eigenvalue weighted by molar-refractivity contribution is 5.94. The van der Waals surface area contributed by atoms with Gasteiger partial charge in [-0.15, -0.1) is 0 Å². The lowest BCUT2D eigenvalue weighted by Crippen LogP contribution is -2.19. The minimum atomic E-state index is -4.44. The maximum Gasteiger partial charge on any atom is 0.416 e. The SMILES string of the molecule is O=C1CCc2cc(OCC(=O)OCc3nc(-c4ccc(C(F)(F)F)cc4)no3)ccc2N1. The molecular weight excluding hydrogens is 431 g/mol. The Morgan fingerprint density at radius 3 is 2.66 bits per heavy atom. The van der Waals surface area contributed by atoms with Gasteiger partial charge in [-0.25, -0.2) is 4.79 Å². The largest absolute Gasteiger partial charge is 0.482 e. The number of benzene rings is 2. The van der Waals surface area contributed by atoms with Crippen LogP contribution in [-0.2, 0) is 33.5 Å². The van der Waals surface area contributed by atoms with E-state index in [9.17, 15) is 22.8 Å². The Morgan fingerprint density at radius 1 is 1.12 bits per heavy atom. The molecule has 0 radical (unpaired) electrons. The molecule has 8 nitrogen and oxygen atoms in total. The number of nitrogens with zero attached hydrogens (tertiary/aromatic N) is 2. The molecule has 11 heteroatoms. The van der Waals surface area contributed by atoms with Crippen molar-refractivity contribution in [1.29, 1.82) is 0 Å². The molecule has 0 atom stereocenters. The highest BCUT2D eigenvalue weighted by Crippen LogP contribution is 2.30. The lowest BCUT2D eigenvalue weighted by molar-refractivity contribution is -0.148. The Bertz CT molecular complexity index is 1140. The summed E-state index contributed by atoms with van der Waals surface area (Å²) in [5, 5.41) is 6.43. The van der Waals surface area contributed by atoms with Gasteiger partial charge in [0.15, 0.2) is 13.2 Å². The summed E-state index contributed by atoms with van der Waals surface area (Å²) in [5.41, 5.74) is 1.17. The molecule has 32 heavy (non-hydrogen) atoms. The zero-order chi connectivity index (χ0) is 22.7. The third-order valence-electron chi connectivity index (χ3n) is 4.62. The predicted molar refractivity (Wildman–Crippen MR) is 103 cm³/mol. The van der Waals surface area contributed by atoms with Gasteiger partial charge < -0.3 is 19.3 Å². The molecule has 0 bridgehead atoms. The fourth-order valence-electron chi connectivity index (χ4n) is 3.01. The Labute approximate surface area is 179 Å². The number of anilines is 1. The molecule has 0 fully saturated rings. The molecule has 166 valence electrons. The predicted octanol–water partition coefficient (Wildman–Crippen LogP) is 3.76. The van der Waals surface area contributed by atoms with Crippen molar-refractivity contribution in [3.63, 3.8) is 0 Å². The van der Waals surface area contributed by atoms with Crippen LogP contribution in [0.3, 0.4) is 0 Å². The van der Waals surface area contributed by atoms with Crippen molar-refractivity contribution in [2.45, 2.75) is 25.6 Å². The molecular formula is C21H16F3N3O5. The number of ether oxygens (including phenoxy) is 2. The van der Waals surface area contributed by atoms with Crippen molar-refractivity contribution < 1.29 is 36.8 Å². The van der Waals surface area contributed by atoms with Gasteiger partial charge in [0.05, 0.1) is 5.56 Å². The van der Waals surface area contributed by atoms with Crippen LogP contribution in [-0.4, -0.2) is 28.6 Å². The summed E-state index contributed by atoms with van der Waals surface area (Å²) in [6.45, 7) is -0.670. The lowest BCUT2D eigenvalue weighted by Gasteiger charge is -2.17. The Balaban J connectivity index is 1.28. The van der Waals surface area contributed by atoms with Crippen LogP contribution in [0.25, 0.3) is 11.4 Å². The molecule has 0 saturated heterocycles. The van der Waals surface area contributed by atoms with Crippen LogP contribution < -0.4 is 10.1 Å². The monoisotopic (exact) mass is 447 g/mol. The van der Waals surface area contributed by atoms with Gasteiger partial charge in [-0.2, -0.15) is 18.2 Å². The van der Waals surface area contributed by atoms with Gasteiger partial charge >= 0.3 is 12.1 Å². The first-order valence-electron chi connectivity index (χ1n) is 9.49. The number of carbonyl (C=O) groups excluding carboxylic acids is 2. The molecule has 3 aromatic rings. The molecule has 2 heterocycles. The first-order valence-corrected chi connectivity index (χ1v) is 9.49. The van der Waals surface area contributed by atoms with Gasteiger partial charge in [0.25, 0.3) is 5.89 Å². The van der Waals surface area contributed by atoms with Gasteiger partial charge in [0.1, 0.15) is 5.75 Å². The van der Waals surface area contributed by atoms with E-state index in [1.54, 1.807) is 18.2 Å². The molecule has 0 aliphatic carbocycles. The number of nitrogens with one attached hydrogen (secondary N) is 1. The van der Waals surface area contributed by atoms with E-state index in [2.05, 4.69) is 15.5 Å². The molecule has 1 aromatic heterocycles. The van der Waals surface area contributed by atoms with E-state index in [-0.39, 0.29) is 30.8 Å². The number of fused-ring (bicyclic) bond motifs is 1. The first-order chi connectivity index (χ1) is 15.3. The maximum atomic E-state index is 12.6. The van der Waals surface area contributed by atoms with Crippen molar-refractivity contribution in [3.8, 4) is 17.1 Å². The van der Waals surface area contributed by atoms with Crippen LogP contribution >= 0.6 is 0 Å². The number of hydrogen-bond donors (Lipinski definition) is 1. The molecule has 0 saturated carbocycles. The van der Waals surface area contributed by atoms with E-state index in [0.29, 0.717) is 24.2 Å². The molecule has 4 rings (SSSR count). The van der Waals surface area contributed by atoms with Crippen molar-refractivity contribution in [1.82, 2.24) is 10.1 Å². The highest BCUT2D eigenvalue weighted by Gasteiger charge is 2.30. The number of hydrogen-bond acceptors (Lipinski definition) is 7. The molecule has 0 unspecified atom stereocenters. The quantitative estimate of drug-likeness (QED) is 0.574. The number of aryl methyl sites for hydroxylation is 1. The number of esters is 1. The molecule has 0 spiro atoms. The number of aromatic nitrogens is 2. The number of amides is 1. The van der Waals surface area contributed by atoms with E-state index in [1.165, 1.54) is 12.1 Å². The van der Waals surface area contributed by atoms with Crippen molar-refractivity contribution >= 4 is 17.6 Å². The number of halogens is 3. The van der Waals surface area contributed by atoms with Crippen LogP contribution in [0.15, 0.2) is 47.0 Å². The smallest absolute Gasteiger partial charge is 0.416 e.